The Morgan fingerprint density at radius 3 is 2.61 bits per heavy atom. The number of H-pyrrole nitrogens is 1. The van der Waals surface area contributed by atoms with Crippen LogP contribution >= 0.6 is 0 Å². The number of anilines is 1. The topological polar surface area (TPSA) is 74.9 Å². The van der Waals surface area contributed by atoms with E-state index in [2.05, 4.69) is 10.2 Å². The van der Waals surface area contributed by atoms with Gasteiger partial charge in [0.05, 0.1) is 11.8 Å². The minimum absolute atomic E-state index is 0.00576. The summed E-state index contributed by atoms with van der Waals surface area (Å²) >= 11 is 0. The Hall–Kier alpha value is -2.02. The van der Waals surface area contributed by atoms with E-state index in [0.717, 1.165) is 18.2 Å². The lowest BCUT2D eigenvalue weighted by molar-refractivity contribution is -0.137. The molecule has 1 aromatic carbocycles. The predicted molar refractivity (Wildman–Crippen MR) is 58.5 cm³/mol. The maximum absolute atomic E-state index is 12.6. The van der Waals surface area contributed by atoms with E-state index < -0.39 is 17.8 Å². The molecule has 1 heterocycles. The normalized spacial score (nSPS) is 13.6. The molecule has 1 atom stereocenters. The number of nitrogens with zero attached hydrogens (tertiary/aromatic N) is 1. The lowest BCUT2D eigenvalue weighted by Gasteiger charge is -2.14. The summed E-state index contributed by atoms with van der Waals surface area (Å²) in [4.78, 5) is 0. The quantitative estimate of drug-likeness (QED) is 0.721. The lowest BCUT2D eigenvalue weighted by Crippen LogP contribution is -2.09. The number of alkyl halides is 3. The molecule has 7 heteroatoms. The molecule has 0 aliphatic carbocycles. The van der Waals surface area contributed by atoms with Gasteiger partial charge in [-0.05, 0) is 18.2 Å². The van der Waals surface area contributed by atoms with Gasteiger partial charge in [-0.15, -0.1) is 0 Å². The maximum Gasteiger partial charge on any atom is 0.416 e. The highest BCUT2D eigenvalue weighted by Crippen LogP contribution is 2.34. The number of benzene rings is 1. The van der Waals surface area contributed by atoms with Crippen LogP contribution in [0, 0.1) is 0 Å². The number of nitrogen functional groups attached to an aromatic ring is 1. The van der Waals surface area contributed by atoms with E-state index in [9.17, 15) is 18.3 Å². The van der Waals surface area contributed by atoms with Crippen LogP contribution in [0.15, 0.2) is 30.6 Å². The van der Waals surface area contributed by atoms with Gasteiger partial charge >= 0.3 is 6.18 Å². The summed E-state index contributed by atoms with van der Waals surface area (Å²) in [7, 11) is 0. The van der Waals surface area contributed by atoms with Crippen LogP contribution in [0.25, 0.3) is 0 Å². The second-order valence-corrected chi connectivity index (χ2v) is 3.78. The average molecular weight is 257 g/mol. The van der Waals surface area contributed by atoms with E-state index in [1.165, 1.54) is 12.4 Å². The summed E-state index contributed by atoms with van der Waals surface area (Å²) in [6.45, 7) is 0. The molecule has 0 spiro atoms. The molecule has 4 N–H and O–H groups in total. The van der Waals surface area contributed by atoms with E-state index in [4.69, 9.17) is 5.73 Å². The average Bonchev–Trinajstić information content (AvgIpc) is 2.80. The molecule has 0 bridgehead atoms. The summed E-state index contributed by atoms with van der Waals surface area (Å²) in [5.41, 5.74) is 5.18. The smallest absolute Gasteiger partial charge is 0.398 e. The van der Waals surface area contributed by atoms with E-state index in [1.807, 2.05) is 0 Å². The van der Waals surface area contributed by atoms with Gasteiger partial charge in [0, 0.05) is 23.0 Å². The van der Waals surface area contributed by atoms with Crippen LogP contribution in [0.2, 0.25) is 0 Å². The molecule has 0 amide bonds. The Balaban J connectivity index is 2.44. The Labute approximate surface area is 100 Å². The first kappa shape index (κ1) is 12.4. The van der Waals surface area contributed by atoms with Crippen molar-refractivity contribution in [1.82, 2.24) is 10.2 Å². The molecule has 0 radical (unpaired) electrons. The van der Waals surface area contributed by atoms with Crippen molar-refractivity contribution in [2.75, 3.05) is 5.73 Å². The van der Waals surface area contributed by atoms with E-state index in [0.29, 0.717) is 5.56 Å². The minimum Gasteiger partial charge on any atom is -0.398 e. The predicted octanol–water partition coefficient (Wildman–Crippen LogP) is 2.09. The van der Waals surface area contributed by atoms with Gasteiger partial charge < -0.3 is 10.8 Å². The minimum atomic E-state index is -4.47. The van der Waals surface area contributed by atoms with Gasteiger partial charge in [0.15, 0.2) is 0 Å². The van der Waals surface area contributed by atoms with Crippen LogP contribution in [0.3, 0.4) is 0 Å². The van der Waals surface area contributed by atoms with Crippen molar-refractivity contribution in [3.05, 3.63) is 47.3 Å². The van der Waals surface area contributed by atoms with Gasteiger partial charge in [0.2, 0.25) is 0 Å². The Morgan fingerprint density at radius 2 is 2.06 bits per heavy atom. The van der Waals surface area contributed by atoms with Crippen molar-refractivity contribution in [2.45, 2.75) is 12.3 Å². The molecule has 1 aromatic heterocycles. The molecular formula is C11H10F3N3O. The van der Waals surface area contributed by atoms with Crippen LogP contribution in [-0.2, 0) is 6.18 Å². The summed E-state index contributed by atoms with van der Waals surface area (Å²) in [6, 6.07) is 2.84. The van der Waals surface area contributed by atoms with Gasteiger partial charge in [0.1, 0.15) is 6.10 Å². The zero-order valence-electron chi connectivity index (χ0n) is 9.07. The van der Waals surface area contributed by atoms with Crippen molar-refractivity contribution in [3.8, 4) is 0 Å². The van der Waals surface area contributed by atoms with E-state index in [1.54, 1.807) is 0 Å². The van der Waals surface area contributed by atoms with Gasteiger partial charge in [0.25, 0.3) is 0 Å². The number of aromatic amines is 1. The molecule has 1 unspecified atom stereocenters. The van der Waals surface area contributed by atoms with Crippen LogP contribution in [0.1, 0.15) is 22.8 Å². The monoisotopic (exact) mass is 257 g/mol. The van der Waals surface area contributed by atoms with Crippen LogP contribution in [0.4, 0.5) is 18.9 Å². The molecule has 4 nitrogen and oxygen atoms in total. The first-order valence-corrected chi connectivity index (χ1v) is 5.03. The molecular weight excluding hydrogens is 247 g/mol. The van der Waals surface area contributed by atoms with Crippen molar-refractivity contribution >= 4 is 5.69 Å². The number of nitrogens with two attached hydrogens (primary N) is 1. The van der Waals surface area contributed by atoms with Crippen LogP contribution in [-0.4, -0.2) is 15.3 Å². The fourth-order valence-electron chi connectivity index (χ4n) is 1.58. The number of halogens is 3. The number of aliphatic hydroxyl groups excluding tert-OH is 1. The van der Waals surface area contributed by atoms with Crippen LogP contribution in [0.5, 0.6) is 0 Å². The molecule has 0 fully saturated rings. The van der Waals surface area contributed by atoms with Gasteiger partial charge in [-0.25, -0.2) is 0 Å². The zero-order valence-corrected chi connectivity index (χ0v) is 9.07. The van der Waals surface area contributed by atoms with Crippen molar-refractivity contribution in [2.24, 2.45) is 0 Å². The molecule has 0 aliphatic heterocycles. The second kappa shape index (κ2) is 4.34. The zero-order chi connectivity index (χ0) is 13.3. The molecule has 0 aliphatic rings. The number of hydrogen-bond acceptors (Lipinski definition) is 3. The molecule has 2 rings (SSSR count). The number of aromatic nitrogens is 2. The SMILES string of the molecule is Nc1ccc(C(F)(F)F)cc1C(O)c1cn[nH]c1. The summed E-state index contributed by atoms with van der Waals surface area (Å²) in [5, 5.41) is 16.0. The van der Waals surface area contributed by atoms with Gasteiger partial charge in [-0.3, -0.25) is 5.10 Å². The third kappa shape index (κ3) is 2.30. The Kier molecular flexibility index (Phi) is 3.00. The second-order valence-electron chi connectivity index (χ2n) is 3.78. The van der Waals surface area contributed by atoms with E-state index >= 15 is 0 Å². The number of aliphatic hydroxyl groups is 1. The van der Waals surface area contributed by atoms with Crippen molar-refractivity contribution in [1.29, 1.82) is 0 Å². The van der Waals surface area contributed by atoms with Crippen molar-refractivity contribution in [3.63, 3.8) is 0 Å². The Bertz CT molecular complexity index is 537. The lowest BCUT2D eigenvalue weighted by atomic mass is 10.00. The third-order valence-electron chi connectivity index (χ3n) is 2.54. The van der Waals surface area contributed by atoms with Crippen molar-refractivity contribution < 1.29 is 18.3 Å². The number of hydrogen-bond donors (Lipinski definition) is 3. The van der Waals surface area contributed by atoms with E-state index in [-0.39, 0.29) is 11.3 Å². The largest absolute Gasteiger partial charge is 0.416 e. The highest BCUT2D eigenvalue weighted by molar-refractivity contribution is 5.52. The molecule has 0 saturated carbocycles. The molecule has 96 valence electrons. The number of rotatable bonds is 2. The third-order valence-corrected chi connectivity index (χ3v) is 2.54. The molecule has 2 aromatic rings. The summed E-state index contributed by atoms with van der Waals surface area (Å²) < 4.78 is 37.7. The summed E-state index contributed by atoms with van der Waals surface area (Å²) in [6.07, 6.45) is -3.00. The molecule has 0 saturated heterocycles. The van der Waals surface area contributed by atoms with Gasteiger partial charge in [-0.2, -0.15) is 18.3 Å². The van der Waals surface area contributed by atoms with Gasteiger partial charge in [-0.1, -0.05) is 0 Å². The van der Waals surface area contributed by atoms with Crippen LogP contribution < -0.4 is 5.73 Å². The summed E-state index contributed by atoms with van der Waals surface area (Å²) in [5.74, 6) is 0. The fourth-order valence-corrected chi connectivity index (χ4v) is 1.58. The first-order chi connectivity index (χ1) is 8.39. The highest BCUT2D eigenvalue weighted by atomic mass is 19.4. The first-order valence-electron chi connectivity index (χ1n) is 5.03. The number of nitrogens with one attached hydrogen (secondary N) is 1. The Morgan fingerprint density at radius 1 is 1.33 bits per heavy atom. The highest BCUT2D eigenvalue weighted by Gasteiger charge is 2.31. The fraction of sp³-hybridized carbons (Fsp3) is 0.182. The maximum atomic E-state index is 12.6. The molecule has 18 heavy (non-hydrogen) atoms. The standard InChI is InChI=1S/C11H10F3N3O/c12-11(13,14)7-1-2-9(15)8(3-7)10(18)6-4-16-17-5-6/h1-5,10,18H,15H2,(H,16,17).